The number of hydrogen-bond acceptors (Lipinski definition) is 4. The summed E-state index contributed by atoms with van der Waals surface area (Å²) in [6.45, 7) is 1.42. The van der Waals surface area contributed by atoms with E-state index in [0.717, 1.165) is 18.5 Å². The van der Waals surface area contributed by atoms with Gasteiger partial charge in [-0.05, 0) is 36.1 Å². The molecule has 2 heterocycles. The number of aryl methyl sites for hydroxylation is 1. The summed E-state index contributed by atoms with van der Waals surface area (Å²) in [6.07, 6.45) is 2.13. The summed E-state index contributed by atoms with van der Waals surface area (Å²) in [4.78, 5) is 27.1. The Kier molecular flexibility index (Phi) is 4.19. The Morgan fingerprint density at radius 3 is 2.79 bits per heavy atom. The van der Waals surface area contributed by atoms with Crippen LogP contribution >= 0.6 is 0 Å². The fourth-order valence-electron chi connectivity index (χ4n) is 4.33. The van der Waals surface area contributed by atoms with Crippen molar-refractivity contribution >= 4 is 17.5 Å². The third-order valence-electron chi connectivity index (χ3n) is 5.78. The van der Waals surface area contributed by atoms with Gasteiger partial charge in [0.2, 0.25) is 11.8 Å². The highest BCUT2D eigenvalue weighted by Gasteiger charge is 2.37. The maximum absolute atomic E-state index is 12.8. The van der Waals surface area contributed by atoms with Crippen LogP contribution in [0.1, 0.15) is 30.0 Å². The molecule has 2 aromatic carbocycles. The lowest BCUT2D eigenvalue weighted by Gasteiger charge is -2.22. The van der Waals surface area contributed by atoms with E-state index in [0.29, 0.717) is 31.3 Å². The van der Waals surface area contributed by atoms with Crippen molar-refractivity contribution in [2.24, 2.45) is 5.92 Å². The van der Waals surface area contributed by atoms with Crippen LogP contribution < -0.4 is 19.7 Å². The van der Waals surface area contributed by atoms with Crippen molar-refractivity contribution < 1.29 is 19.1 Å². The van der Waals surface area contributed by atoms with E-state index in [1.165, 1.54) is 11.1 Å². The molecule has 0 radical (unpaired) electrons. The highest BCUT2D eigenvalue weighted by atomic mass is 16.6. The monoisotopic (exact) mass is 378 g/mol. The molecule has 6 heteroatoms. The molecule has 2 aliphatic heterocycles. The summed E-state index contributed by atoms with van der Waals surface area (Å²) in [5.74, 6) is 0.912. The second-order valence-corrected chi connectivity index (χ2v) is 7.53. The van der Waals surface area contributed by atoms with Gasteiger partial charge in [0, 0.05) is 24.7 Å². The number of nitrogens with one attached hydrogen (secondary N) is 1. The number of fused-ring (bicyclic) bond motifs is 2. The number of ether oxygens (including phenoxy) is 2. The molecule has 144 valence electrons. The average molecular weight is 378 g/mol. The van der Waals surface area contributed by atoms with Crippen LogP contribution in [0.4, 0.5) is 5.69 Å². The zero-order chi connectivity index (χ0) is 19.1. The van der Waals surface area contributed by atoms with Crippen molar-refractivity contribution in [1.82, 2.24) is 5.32 Å². The van der Waals surface area contributed by atoms with Gasteiger partial charge in [0.1, 0.15) is 13.2 Å². The number of hydrogen-bond donors (Lipinski definition) is 1. The SMILES string of the molecule is O=C(NC1CCc2ccccc21)C1CC(=O)N(c2ccc3c(c2)OCCO3)C1. The van der Waals surface area contributed by atoms with Gasteiger partial charge in [-0.1, -0.05) is 24.3 Å². The predicted molar refractivity (Wildman–Crippen MR) is 104 cm³/mol. The van der Waals surface area contributed by atoms with Gasteiger partial charge >= 0.3 is 0 Å². The molecule has 1 aliphatic carbocycles. The van der Waals surface area contributed by atoms with E-state index >= 15 is 0 Å². The Bertz CT molecular complexity index is 942. The number of carbonyl (C=O) groups is 2. The van der Waals surface area contributed by atoms with E-state index in [-0.39, 0.29) is 30.2 Å². The average Bonchev–Trinajstić information content (AvgIpc) is 3.31. The van der Waals surface area contributed by atoms with Gasteiger partial charge in [-0.25, -0.2) is 0 Å². The van der Waals surface area contributed by atoms with Crippen LogP contribution in [-0.2, 0) is 16.0 Å². The van der Waals surface area contributed by atoms with E-state index in [1.807, 2.05) is 30.3 Å². The van der Waals surface area contributed by atoms with Gasteiger partial charge in [0.25, 0.3) is 0 Å². The molecule has 1 fully saturated rings. The van der Waals surface area contributed by atoms with Gasteiger partial charge in [-0.2, -0.15) is 0 Å². The smallest absolute Gasteiger partial charge is 0.227 e. The molecule has 28 heavy (non-hydrogen) atoms. The summed E-state index contributed by atoms with van der Waals surface area (Å²) < 4.78 is 11.2. The minimum atomic E-state index is -0.339. The molecule has 0 bridgehead atoms. The summed E-state index contributed by atoms with van der Waals surface area (Å²) in [5.41, 5.74) is 3.24. The number of carbonyl (C=O) groups excluding carboxylic acids is 2. The Labute approximate surface area is 163 Å². The van der Waals surface area contributed by atoms with Crippen LogP contribution in [0.5, 0.6) is 11.5 Å². The minimum absolute atomic E-state index is 0.0383. The largest absolute Gasteiger partial charge is 0.486 e. The third-order valence-corrected chi connectivity index (χ3v) is 5.78. The zero-order valence-corrected chi connectivity index (χ0v) is 15.5. The van der Waals surface area contributed by atoms with Crippen molar-refractivity contribution in [3.8, 4) is 11.5 Å². The predicted octanol–water partition coefficient (Wildman–Crippen LogP) is 2.61. The van der Waals surface area contributed by atoms with Crippen molar-refractivity contribution in [3.05, 3.63) is 53.6 Å². The molecule has 1 saturated heterocycles. The Morgan fingerprint density at radius 1 is 1.07 bits per heavy atom. The molecule has 3 aliphatic rings. The van der Waals surface area contributed by atoms with Crippen LogP contribution in [0.25, 0.3) is 0 Å². The maximum atomic E-state index is 12.8. The number of anilines is 1. The lowest BCUT2D eigenvalue weighted by Crippen LogP contribution is -2.34. The minimum Gasteiger partial charge on any atom is -0.486 e. The second-order valence-electron chi connectivity index (χ2n) is 7.53. The van der Waals surface area contributed by atoms with Gasteiger partial charge in [-0.3, -0.25) is 9.59 Å². The zero-order valence-electron chi connectivity index (χ0n) is 15.5. The van der Waals surface area contributed by atoms with Crippen LogP contribution in [0.15, 0.2) is 42.5 Å². The van der Waals surface area contributed by atoms with E-state index in [2.05, 4.69) is 17.4 Å². The van der Waals surface area contributed by atoms with Crippen LogP contribution in [-0.4, -0.2) is 31.6 Å². The number of nitrogens with zero attached hydrogens (tertiary/aromatic N) is 1. The quantitative estimate of drug-likeness (QED) is 0.892. The fourth-order valence-corrected chi connectivity index (χ4v) is 4.33. The van der Waals surface area contributed by atoms with Crippen molar-refractivity contribution in [2.75, 3.05) is 24.7 Å². The molecule has 1 N–H and O–H groups in total. The summed E-state index contributed by atoms with van der Waals surface area (Å²) in [6, 6.07) is 13.8. The maximum Gasteiger partial charge on any atom is 0.227 e. The van der Waals surface area contributed by atoms with Crippen molar-refractivity contribution in [1.29, 1.82) is 0 Å². The van der Waals surface area contributed by atoms with Crippen LogP contribution in [0.3, 0.4) is 0 Å². The number of amides is 2. The molecule has 6 nitrogen and oxygen atoms in total. The highest BCUT2D eigenvalue weighted by molar-refractivity contribution is 6.00. The number of rotatable bonds is 3. The second kappa shape index (κ2) is 6.86. The first-order chi connectivity index (χ1) is 13.7. The van der Waals surface area contributed by atoms with Crippen molar-refractivity contribution in [3.63, 3.8) is 0 Å². The molecule has 2 unspecified atom stereocenters. The lowest BCUT2D eigenvalue weighted by molar-refractivity contribution is -0.127. The first-order valence-electron chi connectivity index (χ1n) is 9.77. The number of benzene rings is 2. The van der Waals surface area contributed by atoms with E-state index < -0.39 is 0 Å². The van der Waals surface area contributed by atoms with Gasteiger partial charge in [0.05, 0.1) is 12.0 Å². The molecule has 0 aromatic heterocycles. The Hall–Kier alpha value is -3.02. The van der Waals surface area contributed by atoms with Gasteiger partial charge < -0.3 is 19.7 Å². The third kappa shape index (κ3) is 2.99. The van der Waals surface area contributed by atoms with Crippen LogP contribution in [0.2, 0.25) is 0 Å². The molecule has 0 saturated carbocycles. The first kappa shape index (κ1) is 17.1. The first-order valence-corrected chi connectivity index (χ1v) is 9.77. The molecular formula is C22H22N2O4. The molecule has 0 spiro atoms. The standard InChI is InChI=1S/C22H22N2O4/c25-21-11-15(22(26)23-18-7-5-14-3-1-2-4-17(14)18)13-24(21)16-6-8-19-20(12-16)28-10-9-27-19/h1-4,6,8,12,15,18H,5,7,9-11,13H2,(H,23,26). The normalized spacial score (nSPS) is 22.9. The summed E-state index contributed by atoms with van der Waals surface area (Å²) in [7, 11) is 0. The van der Waals surface area contributed by atoms with Crippen LogP contribution in [0, 0.1) is 5.92 Å². The topological polar surface area (TPSA) is 67.9 Å². The van der Waals surface area contributed by atoms with Gasteiger partial charge in [-0.15, -0.1) is 0 Å². The molecular weight excluding hydrogens is 356 g/mol. The lowest BCUT2D eigenvalue weighted by atomic mass is 10.1. The van der Waals surface area contributed by atoms with Crippen molar-refractivity contribution in [2.45, 2.75) is 25.3 Å². The fraction of sp³-hybridized carbons (Fsp3) is 0.364. The molecule has 2 aromatic rings. The Balaban J connectivity index is 1.28. The van der Waals surface area contributed by atoms with Gasteiger partial charge in [0.15, 0.2) is 11.5 Å². The molecule has 2 atom stereocenters. The summed E-state index contributed by atoms with van der Waals surface area (Å²) in [5, 5.41) is 3.16. The molecule has 5 rings (SSSR count). The van der Waals surface area contributed by atoms with E-state index in [9.17, 15) is 9.59 Å². The van der Waals surface area contributed by atoms with E-state index in [4.69, 9.17) is 9.47 Å². The Morgan fingerprint density at radius 2 is 1.89 bits per heavy atom. The molecule has 2 amide bonds. The highest BCUT2D eigenvalue weighted by Crippen LogP contribution is 2.36. The van der Waals surface area contributed by atoms with E-state index in [1.54, 1.807) is 4.90 Å². The summed E-state index contributed by atoms with van der Waals surface area (Å²) >= 11 is 0.